The van der Waals surface area contributed by atoms with E-state index < -0.39 is 0 Å². The van der Waals surface area contributed by atoms with E-state index in [1.807, 2.05) is 24.3 Å². The zero-order chi connectivity index (χ0) is 13.5. The molecule has 2 rings (SSSR count). The van der Waals surface area contributed by atoms with Gasteiger partial charge < -0.3 is 0 Å². The highest BCUT2D eigenvalue weighted by Crippen LogP contribution is 2.18. The summed E-state index contributed by atoms with van der Waals surface area (Å²) < 4.78 is 0. The van der Waals surface area contributed by atoms with Crippen molar-refractivity contribution in [2.75, 3.05) is 23.6 Å². The van der Waals surface area contributed by atoms with Gasteiger partial charge in [0.2, 0.25) is 0 Å². The van der Waals surface area contributed by atoms with Gasteiger partial charge in [-0.1, -0.05) is 50.2 Å². The maximum atomic E-state index is 3.46. The van der Waals surface area contributed by atoms with Crippen LogP contribution < -0.4 is 10.5 Å². The predicted octanol–water partition coefficient (Wildman–Crippen LogP) is 3.78. The van der Waals surface area contributed by atoms with Crippen LogP contribution in [0.5, 0.6) is 0 Å². The molecule has 0 aromatic heterocycles. The normalized spacial score (nSPS) is 10.5. The van der Waals surface area contributed by atoms with E-state index >= 15 is 0 Å². The molecule has 0 unspecified atom stereocenters. The van der Waals surface area contributed by atoms with Gasteiger partial charge in [-0.3, -0.25) is 5.43 Å². The van der Waals surface area contributed by atoms with E-state index in [-0.39, 0.29) is 0 Å². The maximum absolute atomic E-state index is 3.46. The Bertz CT molecular complexity index is 466. The third-order valence-electron chi connectivity index (χ3n) is 3.02. The number of anilines is 2. The molecule has 0 bridgehead atoms. The molecule has 19 heavy (non-hydrogen) atoms. The standard InChI is InChI=1S/C16H21N3/c1-3-18(4-2)19(16-13-9-6-10-14-16)17-15-11-7-5-8-12-15/h5-14,17H,3-4H2,1-2H3. The summed E-state index contributed by atoms with van der Waals surface area (Å²) in [6, 6.07) is 20.6. The van der Waals surface area contributed by atoms with E-state index in [1.54, 1.807) is 0 Å². The molecule has 3 heteroatoms. The second-order valence-electron chi connectivity index (χ2n) is 4.26. The van der Waals surface area contributed by atoms with Crippen LogP contribution in [0.1, 0.15) is 13.8 Å². The minimum absolute atomic E-state index is 0.950. The molecule has 0 saturated heterocycles. The summed E-state index contributed by atoms with van der Waals surface area (Å²) >= 11 is 0. The van der Waals surface area contributed by atoms with E-state index in [0.717, 1.165) is 24.5 Å². The van der Waals surface area contributed by atoms with Crippen LogP contribution in [0.4, 0.5) is 11.4 Å². The van der Waals surface area contributed by atoms with Crippen LogP contribution >= 0.6 is 0 Å². The second-order valence-corrected chi connectivity index (χ2v) is 4.26. The molecule has 0 spiro atoms. The summed E-state index contributed by atoms with van der Waals surface area (Å²) in [5.41, 5.74) is 5.67. The Labute approximate surface area is 115 Å². The monoisotopic (exact) mass is 255 g/mol. The first-order valence-electron chi connectivity index (χ1n) is 6.77. The van der Waals surface area contributed by atoms with Gasteiger partial charge >= 0.3 is 0 Å². The number of hydrazine groups is 2. The van der Waals surface area contributed by atoms with E-state index in [0.29, 0.717) is 0 Å². The fraction of sp³-hybridized carbons (Fsp3) is 0.250. The molecule has 0 atom stereocenters. The Morgan fingerprint density at radius 2 is 1.32 bits per heavy atom. The Kier molecular flexibility index (Phi) is 4.81. The first-order chi connectivity index (χ1) is 9.35. The third kappa shape index (κ3) is 3.48. The van der Waals surface area contributed by atoms with Crippen molar-refractivity contribution < 1.29 is 0 Å². The average molecular weight is 255 g/mol. The van der Waals surface area contributed by atoms with Gasteiger partial charge in [-0.15, -0.1) is 0 Å². The highest BCUT2D eigenvalue weighted by molar-refractivity contribution is 5.53. The Morgan fingerprint density at radius 3 is 1.84 bits per heavy atom. The maximum Gasteiger partial charge on any atom is 0.0759 e. The summed E-state index contributed by atoms with van der Waals surface area (Å²) in [5, 5.41) is 4.36. The van der Waals surface area contributed by atoms with Crippen LogP contribution in [0.2, 0.25) is 0 Å². The fourth-order valence-electron chi connectivity index (χ4n) is 2.01. The summed E-state index contributed by atoms with van der Waals surface area (Å²) in [5.74, 6) is 0. The van der Waals surface area contributed by atoms with E-state index in [1.165, 1.54) is 0 Å². The molecule has 0 aliphatic carbocycles. The molecule has 0 aliphatic rings. The van der Waals surface area contributed by atoms with E-state index in [9.17, 15) is 0 Å². The molecule has 100 valence electrons. The minimum Gasteiger partial charge on any atom is -0.284 e. The number of rotatable bonds is 6. The first kappa shape index (κ1) is 13.4. The van der Waals surface area contributed by atoms with Crippen LogP contribution in [0.15, 0.2) is 60.7 Å². The third-order valence-corrected chi connectivity index (χ3v) is 3.02. The molecule has 2 aromatic carbocycles. The van der Waals surface area contributed by atoms with Crippen molar-refractivity contribution in [2.45, 2.75) is 13.8 Å². The Balaban J connectivity index is 2.24. The van der Waals surface area contributed by atoms with Crippen LogP contribution in [0.3, 0.4) is 0 Å². The smallest absolute Gasteiger partial charge is 0.0759 e. The van der Waals surface area contributed by atoms with Gasteiger partial charge in [0.25, 0.3) is 0 Å². The number of nitrogens with zero attached hydrogens (tertiary/aromatic N) is 2. The van der Waals surface area contributed by atoms with Gasteiger partial charge in [-0.25, -0.2) is 10.1 Å². The lowest BCUT2D eigenvalue weighted by atomic mass is 10.3. The highest BCUT2D eigenvalue weighted by atomic mass is 15.8. The topological polar surface area (TPSA) is 18.5 Å². The number of para-hydroxylation sites is 2. The summed E-state index contributed by atoms with van der Waals surface area (Å²) in [7, 11) is 0. The number of hydrogen-bond acceptors (Lipinski definition) is 3. The van der Waals surface area contributed by atoms with E-state index in [4.69, 9.17) is 0 Å². The number of hydrogen-bond donors (Lipinski definition) is 1. The quantitative estimate of drug-likeness (QED) is 0.793. The van der Waals surface area contributed by atoms with Crippen molar-refractivity contribution >= 4 is 11.4 Å². The molecule has 0 fully saturated rings. The molecular weight excluding hydrogens is 234 g/mol. The lowest BCUT2D eigenvalue weighted by molar-refractivity contribution is 0.292. The molecular formula is C16H21N3. The van der Waals surface area contributed by atoms with Crippen LogP contribution in [-0.2, 0) is 0 Å². The van der Waals surface area contributed by atoms with Gasteiger partial charge in [0.1, 0.15) is 0 Å². The molecule has 2 aromatic rings. The van der Waals surface area contributed by atoms with Gasteiger partial charge in [0.05, 0.1) is 11.4 Å². The van der Waals surface area contributed by atoms with Crippen molar-refractivity contribution in [2.24, 2.45) is 0 Å². The first-order valence-corrected chi connectivity index (χ1v) is 6.77. The molecule has 1 N–H and O–H groups in total. The van der Waals surface area contributed by atoms with Crippen LogP contribution in [0, 0.1) is 0 Å². The Morgan fingerprint density at radius 1 is 0.789 bits per heavy atom. The zero-order valence-corrected chi connectivity index (χ0v) is 11.6. The number of benzene rings is 2. The van der Waals surface area contributed by atoms with Gasteiger partial charge in [-0.2, -0.15) is 0 Å². The zero-order valence-electron chi connectivity index (χ0n) is 11.6. The molecule has 3 nitrogen and oxygen atoms in total. The molecule has 0 aliphatic heterocycles. The SMILES string of the molecule is CCN(CC)N(Nc1ccccc1)c1ccccc1. The van der Waals surface area contributed by atoms with Crippen LogP contribution in [-0.4, -0.2) is 18.1 Å². The molecule has 0 saturated carbocycles. The van der Waals surface area contributed by atoms with Crippen LogP contribution in [0.25, 0.3) is 0 Å². The summed E-state index contributed by atoms with van der Waals surface area (Å²) in [4.78, 5) is 0. The van der Waals surface area contributed by atoms with Gasteiger partial charge in [0, 0.05) is 13.1 Å². The minimum atomic E-state index is 0.950. The van der Waals surface area contributed by atoms with Crippen molar-refractivity contribution in [3.8, 4) is 0 Å². The lowest BCUT2D eigenvalue weighted by Gasteiger charge is -2.35. The van der Waals surface area contributed by atoms with Gasteiger partial charge in [0.15, 0.2) is 0 Å². The predicted molar refractivity (Wildman–Crippen MR) is 81.9 cm³/mol. The second kappa shape index (κ2) is 6.81. The van der Waals surface area contributed by atoms with Crippen molar-refractivity contribution in [1.82, 2.24) is 5.01 Å². The van der Waals surface area contributed by atoms with Crippen molar-refractivity contribution in [1.29, 1.82) is 0 Å². The molecule has 0 heterocycles. The average Bonchev–Trinajstić information content (AvgIpc) is 2.49. The summed E-state index contributed by atoms with van der Waals surface area (Å²) in [6.45, 7) is 6.22. The van der Waals surface area contributed by atoms with E-state index in [2.05, 4.69) is 65.8 Å². The summed E-state index contributed by atoms with van der Waals surface area (Å²) in [6.07, 6.45) is 0. The lowest BCUT2D eigenvalue weighted by Crippen LogP contribution is -2.46. The number of nitrogens with one attached hydrogen (secondary N) is 1. The largest absolute Gasteiger partial charge is 0.284 e. The van der Waals surface area contributed by atoms with Gasteiger partial charge in [-0.05, 0) is 24.3 Å². The molecule has 0 radical (unpaired) electrons. The molecule has 0 amide bonds. The van der Waals surface area contributed by atoms with Crippen molar-refractivity contribution in [3.05, 3.63) is 60.7 Å². The fourth-order valence-corrected chi connectivity index (χ4v) is 2.01. The highest BCUT2D eigenvalue weighted by Gasteiger charge is 2.12. The Hall–Kier alpha value is -2.00. The van der Waals surface area contributed by atoms with Crippen molar-refractivity contribution in [3.63, 3.8) is 0 Å².